The third-order valence-electron chi connectivity index (χ3n) is 3.26. The van der Waals surface area contributed by atoms with Gasteiger partial charge in [-0.25, -0.2) is 13.4 Å². The number of carbonyl (C=O) groups excluding carboxylic acids is 1. The predicted octanol–water partition coefficient (Wildman–Crippen LogP) is 2.54. The van der Waals surface area contributed by atoms with Gasteiger partial charge in [-0.3, -0.25) is 4.79 Å². The first-order chi connectivity index (χ1) is 11.0. The van der Waals surface area contributed by atoms with Gasteiger partial charge in [-0.15, -0.1) is 11.8 Å². The van der Waals surface area contributed by atoms with Gasteiger partial charge < -0.3 is 5.32 Å². The molecular weight excluding hydrogens is 354 g/mol. The fourth-order valence-electron chi connectivity index (χ4n) is 2.28. The van der Waals surface area contributed by atoms with Crippen molar-refractivity contribution in [3.8, 4) is 0 Å². The summed E-state index contributed by atoms with van der Waals surface area (Å²) in [4.78, 5) is 15.0. The number of carbonyl (C=O) groups is 1. The van der Waals surface area contributed by atoms with Gasteiger partial charge in [0, 0.05) is 19.2 Å². The van der Waals surface area contributed by atoms with E-state index in [1.165, 1.54) is 17.4 Å². The zero-order valence-corrected chi connectivity index (χ0v) is 14.7. The molecule has 2 heterocycles. The molecule has 1 unspecified atom stereocenters. The third kappa shape index (κ3) is 3.42. The molecule has 9 heteroatoms. The van der Waals surface area contributed by atoms with Gasteiger partial charge in [0.1, 0.15) is 0 Å². The zero-order valence-electron chi connectivity index (χ0n) is 12.3. The highest BCUT2D eigenvalue weighted by molar-refractivity contribution is 8.01. The van der Waals surface area contributed by atoms with Gasteiger partial charge >= 0.3 is 0 Å². The summed E-state index contributed by atoms with van der Waals surface area (Å²) in [5.41, 5.74) is 0.963. The second kappa shape index (κ2) is 6.60. The second-order valence-corrected chi connectivity index (χ2v) is 9.25. The van der Waals surface area contributed by atoms with Crippen molar-refractivity contribution < 1.29 is 13.2 Å². The lowest BCUT2D eigenvalue weighted by atomic mass is 10.2. The molecule has 1 N–H and O–H groups in total. The van der Waals surface area contributed by atoms with E-state index in [0.29, 0.717) is 11.7 Å². The van der Waals surface area contributed by atoms with Crippen molar-refractivity contribution in [3.05, 3.63) is 42.1 Å². The van der Waals surface area contributed by atoms with Gasteiger partial charge in [-0.05, 0) is 5.56 Å². The largest absolute Gasteiger partial charge is 0.302 e. The minimum atomic E-state index is -3.63. The summed E-state index contributed by atoms with van der Waals surface area (Å²) in [6, 6.07) is 9.58. The first-order valence-electron chi connectivity index (χ1n) is 6.90. The topological polar surface area (TPSA) is 79.4 Å². The molecule has 3 rings (SSSR count). The number of hydrogen-bond acceptors (Lipinski definition) is 6. The van der Waals surface area contributed by atoms with Gasteiger partial charge in [-0.2, -0.15) is 4.31 Å². The number of amides is 1. The number of nitrogens with one attached hydrogen (secondary N) is 1. The SMILES string of the molecule is CC(=O)Nc1ncc(S(=O)(=O)N2CCSC2c2ccccc2)s1. The third-order valence-corrected chi connectivity index (χ3v) is 7.87. The standard InChI is InChI=1S/C14H15N3O3S3/c1-10(18)16-14-15-9-12(22-14)23(19,20)17-7-8-21-13(17)11-5-3-2-4-6-11/h2-6,9,13H,7-8H2,1H3,(H,15,16,18). The first kappa shape index (κ1) is 16.4. The van der Waals surface area contributed by atoms with E-state index in [-0.39, 0.29) is 15.5 Å². The molecule has 0 saturated carbocycles. The predicted molar refractivity (Wildman–Crippen MR) is 92.0 cm³/mol. The summed E-state index contributed by atoms with van der Waals surface area (Å²) in [6.07, 6.45) is 1.30. The number of thiazole rings is 1. The van der Waals surface area contributed by atoms with Crippen LogP contribution in [0.3, 0.4) is 0 Å². The summed E-state index contributed by atoms with van der Waals surface area (Å²) in [7, 11) is -3.63. The monoisotopic (exact) mass is 369 g/mol. The smallest absolute Gasteiger partial charge is 0.255 e. The van der Waals surface area contributed by atoms with E-state index in [0.717, 1.165) is 22.7 Å². The second-order valence-electron chi connectivity index (χ2n) is 4.92. The minimum absolute atomic E-state index is 0.143. The molecule has 1 saturated heterocycles. The van der Waals surface area contributed by atoms with E-state index < -0.39 is 10.0 Å². The van der Waals surface area contributed by atoms with Crippen molar-refractivity contribution in [2.24, 2.45) is 0 Å². The Bertz CT molecular complexity index is 805. The number of aromatic nitrogens is 1. The van der Waals surface area contributed by atoms with Crippen LogP contribution in [0.25, 0.3) is 0 Å². The van der Waals surface area contributed by atoms with Gasteiger partial charge in [0.25, 0.3) is 10.0 Å². The van der Waals surface area contributed by atoms with Crippen LogP contribution in [0, 0.1) is 0 Å². The Kier molecular flexibility index (Phi) is 4.72. The van der Waals surface area contributed by atoms with Gasteiger partial charge in [0.2, 0.25) is 5.91 Å². The van der Waals surface area contributed by atoms with E-state index in [1.54, 1.807) is 11.8 Å². The van der Waals surface area contributed by atoms with Crippen LogP contribution >= 0.6 is 23.1 Å². The van der Waals surface area contributed by atoms with Crippen LogP contribution in [-0.2, 0) is 14.8 Å². The number of hydrogen-bond donors (Lipinski definition) is 1. The van der Waals surface area contributed by atoms with Crippen molar-refractivity contribution in [3.63, 3.8) is 0 Å². The van der Waals surface area contributed by atoms with Crippen LogP contribution in [0.2, 0.25) is 0 Å². The van der Waals surface area contributed by atoms with E-state index in [9.17, 15) is 13.2 Å². The molecule has 2 aromatic rings. The number of sulfonamides is 1. The quantitative estimate of drug-likeness (QED) is 0.896. The van der Waals surface area contributed by atoms with Crippen molar-refractivity contribution in [1.82, 2.24) is 9.29 Å². The number of rotatable bonds is 4. The Balaban J connectivity index is 1.89. The lowest BCUT2D eigenvalue weighted by Crippen LogP contribution is -2.30. The molecule has 0 aliphatic carbocycles. The van der Waals surface area contributed by atoms with Gasteiger partial charge in [0.15, 0.2) is 9.34 Å². The van der Waals surface area contributed by atoms with E-state index in [4.69, 9.17) is 0 Å². The van der Waals surface area contributed by atoms with Gasteiger partial charge in [0.05, 0.1) is 11.6 Å². The summed E-state index contributed by atoms with van der Waals surface area (Å²) >= 11 is 2.57. The van der Waals surface area contributed by atoms with Crippen LogP contribution in [-0.4, -0.2) is 35.9 Å². The maximum Gasteiger partial charge on any atom is 0.255 e. The molecule has 0 spiro atoms. The highest BCUT2D eigenvalue weighted by Crippen LogP contribution is 2.42. The van der Waals surface area contributed by atoms with E-state index in [1.807, 2.05) is 30.3 Å². The molecule has 0 bridgehead atoms. The summed E-state index contributed by atoms with van der Waals surface area (Å²) < 4.78 is 27.4. The Morgan fingerprint density at radius 1 is 1.35 bits per heavy atom. The molecule has 1 aliphatic rings. The highest BCUT2D eigenvalue weighted by Gasteiger charge is 2.37. The Hall–Kier alpha value is -1.42. The number of nitrogens with zero attached hydrogens (tertiary/aromatic N) is 2. The lowest BCUT2D eigenvalue weighted by Gasteiger charge is -2.22. The number of thioether (sulfide) groups is 1. The average Bonchev–Trinajstić information content (AvgIpc) is 3.16. The highest BCUT2D eigenvalue weighted by atomic mass is 32.2. The minimum Gasteiger partial charge on any atom is -0.302 e. The Morgan fingerprint density at radius 3 is 2.78 bits per heavy atom. The Morgan fingerprint density at radius 2 is 2.09 bits per heavy atom. The molecule has 1 fully saturated rings. The van der Waals surface area contributed by atoms with Crippen LogP contribution in [0.5, 0.6) is 0 Å². The van der Waals surface area contributed by atoms with Crippen molar-refractivity contribution in [2.75, 3.05) is 17.6 Å². The molecule has 1 aliphatic heterocycles. The molecule has 6 nitrogen and oxygen atoms in total. The average molecular weight is 369 g/mol. The fourth-order valence-corrected chi connectivity index (χ4v) is 6.73. The molecule has 1 atom stereocenters. The molecule has 1 aromatic carbocycles. The van der Waals surface area contributed by atoms with E-state index in [2.05, 4.69) is 10.3 Å². The summed E-state index contributed by atoms with van der Waals surface area (Å²) in [5.74, 6) is 0.470. The maximum absolute atomic E-state index is 12.9. The van der Waals surface area contributed by atoms with Crippen molar-refractivity contribution in [2.45, 2.75) is 16.5 Å². The Labute approximate surface area is 143 Å². The van der Waals surface area contributed by atoms with Crippen molar-refractivity contribution in [1.29, 1.82) is 0 Å². The molecule has 1 amide bonds. The van der Waals surface area contributed by atoms with E-state index >= 15 is 0 Å². The zero-order chi connectivity index (χ0) is 16.4. The van der Waals surface area contributed by atoms with Crippen LogP contribution in [0.4, 0.5) is 5.13 Å². The van der Waals surface area contributed by atoms with Crippen LogP contribution in [0.1, 0.15) is 17.9 Å². The number of benzene rings is 1. The van der Waals surface area contributed by atoms with Crippen molar-refractivity contribution >= 4 is 44.2 Å². The summed E-state index contributed by atoms with van der Waals surface area (Å²) in [5, 5.41) is 2.57. The molecule has 1 aromatic heterocycles. The first-order valence-corrected chi connectivity index (χ1v) is 10.2. The fraction of sp³-hybridized carbons (Fsp3) is 0.286. The molecule has 0 radical (unpaired) electrons. The normalized spacial score (nSPS) is 18.9. The molecular formula is C14H15N3O3S3. The van der Waals surface area contributed by atoms with Crippen LogP contribution < -0.4 is 5.32 Å². The lowest BCUT2D eigenvalue weighted by molar-refractivity contribution is -0.114. The maximum atomic E-state index is 12.9. The van der Waals surface area contributed by atoms with Crippen LogP contribution in [0.15, 0.2) is 40.7 Å². The number of anilines is 1. The summed E-state index contributed by atoms with van der Waals surface area (Å²) in [6.45, 7) is 1.82. The molecule has 23 heavy (non-hydrogen) atoms. The molecule has 122 valence electrons. The van der Waals surface area contributed by atoms with Gasteiger partial charge in [-0.1, -0.05) is 41.7 Å².